The summed E-state index contributed by atoms with van der Waals surface area (Å²) in [5.41, 5.74) is 3.10. The quantitative estimate of drug-likeness (QED) is 0.335. The van der Waals surface area contributed by atoms with E-state index in [1.165, 1.54) is 0 Å². The molecule has 2 aliphatic heterocycles. The first-order chi connectivity index (χ1) is 20.0. The summed E-state index contributed by atoms with van der Waals surface area (Å²) in [5.74, 6) is 0.334. The molecule has 1 aliphatic carbocycles. The monoisotopic (exact) mass is 608 g/mol. The van der Waals surface area contributed by atoms with Crippen LogP contribution in [0.1, 0.15) is 100 Å². The lowest BCUT2D eigenvalue weighted by Crippen LogP contribution is -2.64. The molecule has 5 rings (SSSR count). The Balaban J connectivity index is 1.48. The average Bonchev–Trinajstić information content (AvgIpc) is 3.20. The van der Waals surface area contributed by atoms with Gasteiger partial charge in [-0.25, -0.2) is 0 Å². The second kappa shape index (κ2) is 12.3. The van der Waals surface area contributed by atoms with E-state index in [0.717, 1.165) is 56.2 Å². The molecule has 0 aromatic heterocycles. The molecule has 2 N–H and O–H groups in total. The molecule has 1 atom stereocenters. The molecular weight excluding hydrogens is 569 g/mol. The number of benzene rings is 2. The zero-order valence-corrected chi connectivity index (χ0v) is 26.4. The van der Waals surface area contributed by atoms with Crippen molar-refractivity contribution in [1.82, 2.24) is 10.2 Å². The fourth-order valence-corrected chi connectivity index (χ4v) is 6.69. The van der Waals surface area contributed by atoms with Gasteiger partial charge in [-0.05, 0) is 73.3 Å². The number of amides is 2. The maximum atomic E-state index is 14.4. The average molecular weight is 610 g/mol. The molecule has 9 heteroatoms. The van der Waals surface area contributed by atoms with Gasteiger partial charge in [0.2, 0.25) is 6.20 Å². The minimum atomic E-state index is -0.622. The minimum Gasteiger partial charge on any atom is -0.346 e. The van der Waals surface area contributed by atoms with Gasteiger partial charge < -0.3 is 10.2 Å². The fraction of sp³-hybridized carbons (Fsp3) is 0.485. The molecule has 222 valence electrons. The second-order valence-corrected chi connectivity index (χ2v) is 13.5. The summed E-state index contributed by atoms with van der Waals surface area (Å²) in [7, 11) is 0. The van der Waals surface area contributed by atoms with Gasteiger partial charge in [-0.3, -0.25) is 14.6 Å². The van der Waals surface area contributed by atoms with Gasteiger partial charge in [0.05, 0.1) is 22.6 Å². The van der Waals surface area contributed by atoms with Crippen molar-refractivity contribution in [2.24, 2.45) is 21.4 Å². The van der Waals surface area contributed by atoms with Crippen LogP contribution in [0.5, 0.6) is 0 Å². The van der Waals surface area contributed by atoms with Crippen LogP contribution < -0.4 is 10.4 Å². The van der Waals surface area contributed by atoms with Gasteiger partial charge in [0.25, 0.3) is 11.8 Å². The van der Waals surface area contributed by atoms with Gasteiger partial charge in [-0.15, -0.1) is 5.11 Å². The predicted octanol–water partition coefficient (Wildman–Crippen LogP) is 6.61. The van der Waals surface area contributed by atoms with E-state index in [4.69, 9.17) is 28.2 Å². The Morgan fingerprint density at radius 2 is 1.81 bits per heavy atom. The molecule has 0 radical (unpaired) electrons. The molecule has 3 aliphatic rings. The first kappa shape index (κ1) is 30.4. The number of aliphatic imine (C=N–C) groups is 1. The number of carbonyl (C=O) groups excluding carboxylic acids is 2. The van der Waals surface area contributed by atoms with Crippen molar-refractivity contribution in [3.05, 3.63) is 81.1 Å². The number of rotatable bonds is 9. The molecule has 2 heterocycles. The Morgan fingerprint density at radius 3 is 2.38 bits per heavy atom. The van der Waals surface area contributed by atoms with Crippen molar-refractivity contribution in [2.45, 2.75) is 84.3 Å². The highest BCUT2D eigenvalue weighted by Gasteiger charge is 2.52. The normalized spacial score (nSPS) is 22.6. The lowest BCUT2D eigenvalue weighted by molar-refractivity contribution is -0.478. The molecule has 1 fully saturated rings. The van der Waals surface area contributed by atoms with Crippen LogP contribution in [0.15, 0.2) is 64.5 Å². The molecule has 0 saturated heterocycles. The number of azo groups is 1. The second-order valence-electron chi connectivity index (χ2n) is 12.7. The van der Waals surface area contributed by atoms with E-state index >= 15 is 0 Å². The Morgan fingerprint density at radius 1 is 1.12 bits per heavy atom. The van der Waals surface area contributed by atoms with Gasteiger partial charge in [0, 0.05) is 16.2 Å². The Labute approximate surface area is 258 Å². The Hall–Kier alpha value is -3.03. The van der Waals surface area contributed by atoms with Crippen LogP contribution in [-0.2, 0) is 4.79 Å². The van der Waals surface area contributed by atoms with Crippen LogP contribution in [0.2, 0.25) is 10.0 Å². The number of unbranched alkanes of at least 4 members (excludes halogenated alkanes) is 1. The standard InChI is InChI=1S/C33H39Cl2N5O2/c1-5-6-7-28(21-8-10-22(11-9-21)30(41)36-19-25-20-37-39-25)40-31(42)29(23-12-13-26(34)27(35)18-23)38-33(40)16-14-24(15-17-33)32(2,3)4/h8-13,18,20,24,28H,5-7,14-17,19H2,1-4H3,(H,36,41)/p+1. The summed E-state index contributed by atoms with van der Waals surface area (Å²) >= 11 is 12.6. The number of carbonyl (C=O) groups is 2. The Kier molecular flexibility index (Phi) is 8.91. The lowest BCUT2D eigenvalue weighted by Gasteiger charge is -2.47. The zero-order chi connectivity index (χ0) is 30.1. The molecule has 2 aromatic rings. The summed E-state index contributed by atoms with van der Waals surface area (Å²) in [4.78, 5) is 34.5. The summed E-state index contributed by atoms with van der Waals surface area (Å²) in [6.45, 7) is 9.44. The summed E-state index contributed by atoms with van der Waals surface area (Å²) < 4.78 is 0. The largest absolute Gasteiger partial charge is 0.346 e. The summed E-state index contributed by atoms with van der Waals surface area (Å²) in [6, 6.07) is 12.8. The third kappa shape index (κ3) is 6.18. The van der Waals surface area contributed by atoms with Crippen molar-refractivity contribution in [2.75, 3.05) is 6.54 Å². The van der Waals surface area contributed by atoms with Crippen LogP contribution in [0.25, 0.3) is 0 Å². The van der Waals surface area contributed by atoms with Crippen LogP contribution in [0.3, 0.4) is 0 Å². The molecule has 1 saturated carbocycles. The van der Waals surface area contributed by atoms with E-state index in [2.05, 4.69) is 48.1 Å². The van der Waals surface area contributed by atoms with Gasteiger partial charge in [-0.1, -0.05) is 81.9 Å². The smallest absolute Gasteiger partial charge is 0.275 e. The summed E-state index contributed by atoms with van der Waals surface area (Å²) in [6.07, 6.45) is 8.17. The van der Waals surface area contributed by atoms with Gasteiger partial charge in [-0.2, -0.15) is 0 Å². The number of nitrogens with zero attached hydrogens (tertiary/aromatic N) is 3. The molecular formula is C33H40Cl2N5O2+. The first-order valence-corrected chi connectivity index (χ1v) is 15.7. The van der Waals surface area contributed by atoms with Crippen LogP contribution in [-0.4, -0.2) is 34.6 Å². The molecule has 0 bridgehead atoms. The highest BCUT2D eigenvalue weighted by atomic mass is 35.5. The predicted molar refractivity (Wildman–Crippen MR) is 167 cm³/mol. The van der Waals surface area contributed by atoms with E-state index in [-0.39, 0.29) is 23.3 Å². The fourth-order valence-electron chi connectivity index (χ4n) is 6.39. The van der Waals surface area contributed by atoms with E-state index in [9.17, 15) is 9.59 Å². The Bertz CT molecular complexity index is 1430. The molecule has 7 nitrogen and oxygen atoms in total. The van der Waals surface area contributed by atoms with E-state index in [0.29, 0.717) is 39.3 Å². The number of nitrogens with one attached hydrogen (secondary N) is 2. The van der Waals surface area contributed by atoms with E-state index in [1.54, 1.807) is 18.3 Å². The topological polar surface area (TPSA) is 88.1 Å². The molecule has 1 unspecified atom stereocenters. The third-order valence-corrected chi connectivity index (χ3v) is 9.70. The van der Waals surface area contributed by atoms with Crippen molar-refractivity contribution in [3.63, 3.8) is 0 Å². The van der Waals surface area contributed by atoms with Crippen molar-refractivity contribution in [1.29, 1.82) is 0 Å². The third-order valence-electron chi connectivity index (χ3n) is 8.96. The van der Waals surface area contributed by atoms with Gasteiger partial charge in [0.15, 0.2) is 5.70 Å². The van der Waals surface area contributed by atoms with E-state index in [1.807, 2.05) is 30.3 Å². The SMILES string of the molecule is CCCCC(c1ccc(C(=O)NCC2=C[NH+]=N2)cc1)N1C(=O)C(c2ccc(Cl)c(Cl)c2)=NC12CCC(C(C)(C)C)CC2. The highest BCUT2D eigenvalue weighted by molar-refractivity contribution is 6.48. The maximum Gasteiger partial charge on any atom is 0.275 e. The number of halogens is 2. The molecule has 2 aromatic carbocycles. The molecule has 2 amide bonds. The van der Waals surface area contributed by atoms with Crippen LogP contribution in [0.4, 0.5) is 0 Å². The zero-order valence-electron chi connectivity index (χ0n) is 24.8. The first-order valence-electron chi connectivity index (χ1n) is 14.9. The molecule has 1 spiro atoms. The van der Waals surface area contributed by atoms with Crippen molar-refractivity contribution >= 4 is 40.7 Å². The number of hydrogen-bond acceptors (Lipinski definition) is 4. The van der Waals surface area contributed by atoms with Crippen LogP contribution >= 0.6 is 23.2 Å². The van der Waals surface area contributed by atoms with Crippen molar-refractivity contribution < 1.29 is 14.7 Å². The maximum absolute atomic E-state index is 14.4. The number of hydrogen-bond donors (Lipinski definition) is 2. The lowest BCUT2D eigenvalue weighted by atomic mass is 9.69. The van der Waals surface area contributed by atoms with Crippen molar-refractivity contribution in [3.8, 4) is 0 Å². The minimum absolute atomic E-state index is 0.0725. The van der Waals surface area contributed by atoms with Gasteiger partial charge in [0.1, 0.15) is 11.4 Å². The molecule has 42 heavy (non-hydrogen) atoms. The van der Waals surface area contributed by atoms with E-state index < -0.39 is 5.66 Å². The van der Waals surface area contributed by atoms with Gasteiger partial charge >= 0.3 is 0 Å². The summed E-state index contributed by atoms with van der Waals surface area (Å²) in [5, 5.41) is 10.4. The van der Waals surface area contributed by atoms with Crippen LogP contribution in [0, 0.1) is 11.3 Å². The highest BCUT2D eigenvalue weighted by Crippen LogP contribution is 2.50.